The van der Waals surface area contributed by atoms with Crippen molar-refractivity contribution in [1.82, 2.24) is 10.3 Å². The van der Waals surface area contributed by atoms with Crippen molar-refractivity contribution < 1.29 is 9.47 Å². The van der Waals surface area contributed by atoms with Crippen molar-refractivity contribution >= 4 is 0 Å². The molecule has 0 bridgehead atoms. The van der Waals surface area contributed by atoms with Gasteiger partial charge < -0.3 is 14.8 Å². The number of pyridine rings is 1. The van der Waals surface area contributed by atoms with Crippen LogP contribution in [0.3, 0.4) is 0 Å². The van der Waals surface area contributed by atoms with Crippen LogP contribution < -0.4 is 10.1 Å². The number of aromatic nitrogens is 1. The zero-order valence-electron chi connectivity index (χ0n) is 8.19. The molecule has 1 unspecified atom stereocenters. The summed E-state index contributed by atoms with van der Waals surface area (Å²) in [6, 6.07) is 3.97. The van der Waals surface area contributed by atoms with Crippen molar-refractivity contribution in [3.8, 4) is 5.75 Å². The van der Waals surface area contributed by atoms with Gasteiger partial charge in [-0.1, -0.05) is 0 Å². The highest BCUT2D eigenvalue weighted by Gasteiger charge is 2.16. The van der Waals surface area contributed by atoms with Gasteiger partial charge in [-0.05, 0) is 6.07 Å². The van der Waals surface area contributed by atoms with Gasteiger partial charge in [-0.15, -0.1) is 0 Å². The number of rotatable bonds is 2. The lowest BCUT2D eigenvalue weighted by molar-refractivity contribution is 0.0755. The molecule has 1 aromatic heterocycles. The Morgan fingerprint density at radius 2 is 2.57 bits per heavy atom. The first-order valence-corrected chi connectivity index (χ1v) is 4.71. The second-order valence-electron chi connectivity index (χ2n) is 3.20. The second kappa shape index (κ2) is 4.39. The van der Waals surface area contributed by atoms with E-state index in [9.17, 15) is 0 Å². The molecule has 1 fully saturated rings. The first-order valence-electron chi connectivity index (χ1n) is 4.71. The fourth-order valence-corrected chi connectivity index (χ4v) is 1.50. The van der Waals surface area contributed by atoms with Gasteiger partial charge in [0, 0.05) is 18.8 Å². The van der Waals surface area contributed by atoms with Gasteiger partial charge in [-0.3, -0.25) is 4.98 Å². The first kappa shape index (κ1) is 9.43. The van der Waals surface area contributed by atoms with E-state index < -0.39 is 0 Å². The molecule has 4 nitrogen and oxygen atoms in total. The highest BCUT2D eigenvalue weighted by atomic mass is 16.5. The number of hydrogen-bond acceptors (Lipinski definition) is 4. The quantitative estimate of drug-likeness (QED) is 0.754. The molecule has 0 saturated carbocycles. The molecule has 0 spiro atoms. The highest BCUT2D eigenvalue weighted by Crippen LogP contribution is 2.17. The number of nitrogens with zero attached hydrogens (tertiary/aromatic N) is 1. The van der Waals surface area contributed by atoms with Crippen LogP contribution in [-0.2, 0) is 4.74 Å². The first-order chi connectivity index (χ1) is 6.90. The molecular weight excluding hydrogens is 180 g/mol. The van der Waals surface area contributed by atoms with Gasteiger partial charge >= 0.3 is 0 Å². The molecule has 1 saturated heterocycles. The minimum atomic E-state index is 0.193. The SMILES string of the molecule is COc1ccnc(C2COCCN2)c1. The largest absolute Gasteiger partial charge is 0.497 e. The van der Waals surface area contributed by atoms with Crippen LogP contribution in [0.2, 0.25) is 0 Å². The lowest BCUT2D eigenvalue weighted by atomic mass is 10.2. The summed E-state index contributed by atoms with van der Waals surface area (Å²) in [5.41, 5.74) is 0.976. The van der Waals surface area contributed by atoms with E-state index in [2.05, 4.69) is 10.3 Å². The van der Waals surface area contributed by atoms with Gasteiger partial charge in [0.1, 0.15) is 5.75 Å². The zero-order valence-corrected chi connectivity index (χ0v) is 8.19. The number of morpholine rings is 1. The maximum atomic E-state index is 5.37. The van der Waals surface area contributed by atoms with Crippen LogP contribution in [0.25, 0.3) is 0 Å². The fourth-order valence-electron chi connectivity index (χ4n) is 1.50. The molecule has 1 atom stereocenters. The predicted octanol–water partition coefficient (Wildman–Crippen LogP) is 0.751. The monoisotopic (exact) mass is 194 g/mol. The Labute approximate surface area is 83.2 Å². The minimum Gasteiger partial charge on any atom is -0.497 e. The summed E-state index contributed by atoms with van der Waals surface area (Å²) in [5.74, 6) is 0.836. The van der Waals surface area contributed by atoms with Gasteiger partial charge in [0.05, 0.1) is 32.1 Å². The standard InChI is InChI=1S/C10H14N2O2/c1-13-8-2-3-11-9(6-8)10-7-14-5-4-12-10/h2-3,6,10,12H,4-5,7H2,1H3. The summed E-state index contributed by atoms with van der Waals surface area (Å²) in [7, 11) is 1.66. The molecule has 76 valence electrons. The van der Waals surface area contributed by atoms with E-state index in [1.54, 1.807) is 13.3 Å². The number of methoxy groups -OCH3 is 1. The Morgan fingerprint density at radius 1 is 1.64 bits per heavy atom. The molecule has 4 heteroatoms. The zero-order chi connectivity index (χ0) is 9.80. The number of nitrogens with one attached hydrogen (secondary N) is 1. The van der Waals surface area contributed by atoms with Gasteiger partial charge in [0.15, 0.2) is 0 Å². The third-order valence-electron chi connectivity index (χ3n) is 2.27. The lowest BCUT2D eigenvalue weighted by Gasteiger charge is -2.23. The van der Waals surface area contributed by atoms with Crippen molar-refractivity contribution in [2.24, 2.45) is 0 Å². The molecule has 1 aliphatic heterocycles. The van der Waals surface area contributed by atoms with E-state index in [0.29, 0.717) is 6.61 Å². The summed E-state index contributed by atoms with van der Waals surface area (Å²) in [4.78, 5) is 4.29. The third kappa shape index (κ3) is 2.02. The van der Waals surface area contributed by atoms with E-state index in [1.807, 2.05) is 12.1 Å². The summed E-state index contributed by atoms with van der Waals surface area (Å²) < 4.78 is 10.5. The van der Waals surface area contributed by atoms with Crippen molar-refractivity contribution in [2.75, 3.05) is 26.9 Å². The number of hydrogen-bond donors (Lipinski definition) is 1. The van der Waals surface area contributed by atoms with Crippen molar-refractivity contribution in [1.29, 1.82) is 0 Å². The van der Waals surface area contributed by atoms with Gasteiger partial charge in [-0.25, -0.2) is 0 Å². The summed E-state index contributed by atoms with van der Waals surface area (Å²) in [6.45, 7) is 2.34. The maximum absolute atomic E-state index is 5.37. The normalized spacial score (nSPS) is 21.9. The summed E-state index contributed by atoms with van der Waals surface area (Å²) in [5, 5.41) is 3.34. The molecule has 0 radical (unpaired) electrons. The molecule has 1 aromatic rings. The van der Waals surface area contributed by atoms with Crippen molar-refractivity contribution in [3.05, 3.63) is 24.0 Å². The lowest BCUT2D eigenvalue weighted by Crippen LogP contribution is -2.35. The summed E-state index contributed by atoms with van der Waals surface area (Å²) >= 11 is 0. The van der Waals surface area contributed by atoms with E-state index >= 15 is 0 Å². The molecule has 14 heavy (non-hydrogen) atoms. The van der Waals surface area contributed by atoms with Crippen LogP contribution >= 0.6 is 0 Å². The average Bonchev–Trinajstić information content (AvgIpc) is 2.30. The predicted molar refractivity (Wildman–Crippen MR) is 52.4 cm³/mol. The molecular formula is C10H14N2O2. The molecule has 1 N–H and O–H groups in total. The van der Waals surface area contributed by atoms with Crippen LogP contribution in [0, 0.1) is 0 Å². The summed E-state index contributed by atoms with van der Waals surface area (Å²) in [6.07, 6.45) is 1.75. The number of ether oxygens (including phenoxy) is 2. The Hall–Kier alpha value is -1.13. The minimum absolute atomic E-state index is 0.193. The van der Waals surface area contributed by atoms with Crippen LogP contribution in [0.5, 0.6) is 5.75 Å². The van der Waals surface area contributed by atoms with Crippen molar-refractivity contribution in [2.45, 2.75) is 6.04 Å². The highest BCUT2D eigenvalue weighted by molar-refractivity contribution is 5.24. The average molecular weight is 194 g/mol. The second-order valence-corrected chi connectivity index (χ2v) is 3.20. The molecule has 2 heterocycles. The maximum Gasteiger partial charge on any atom is 0.122 e. The Morgan fingerprint density at radius 3 is 3.29 bits per heavy atom. The Kier molecular flexibility index (Phi) is 2.96. The van der Waals surface area contributed by atoms with Crippen LogP contribution in [0.15, 0.2) is 18.3 Å². The van der Waals surface area contributed by atoms with E-state index in [-0.39, 0.29) is 6.04 Å². The molecule has 0 amide bonds. The third-order valence-corrected chi connectivity index (χ3v) is 2.27. The Bertz CT molecular complexity index is 298. The van der Waals surface area contributed by atoms with E-state index in [0.717, 1.165) is 24.6 Å². The molecule has 1 aliphatic rings. The Balaban J connectivity index is 2.13. The topological polar surface area (TPSA) is 43.4 Å². The van der Waals surface area contributed by atoms with Crippen LogP contribution in [-0.4, -0.2) is 31.9 Å². The van der Waals surface area contributed by atoms with Gasteiger partial charge in [0.25, 0.3) is 0 Å². The molecule has 2 rings (SSSR count). The van der Waals surface area contributed by atoms with E-state index in [1.165, 1.54) is 0 Å². The van der Waals surface area contributed by atoms with Crippen molar-refractivity contribution in [3.63, 3.8) is 0 Å². The molecule has 0 aromatic carbocycles. The van der Waals surface area contributed by atoms with Gasteiger partial charge in [-0.2, -0.15) is 0 Å². The fraction of sp³-hybridized carbons (Fsp3) is 0.500. The molecule has 0 aliphatic carbocycles. The van der Waals surface area contributed by atoms with Crippen LogP contribution in [0.4, 0.5) is 0 Å². The van der Waals surface area contributed by atoms with E-state index in [4.69, 9.17) is 9.47 Å². The van der Waals surface area contributed by atoms with Crippen LogP contribution in [0.1, 0.15) is 11.7 Å². The van der Waals surface area contributed by atoms with Gasteiger partial charge in [0.2, 0.25) is 0 Å². The smallest absolute Gasteiger partial charge is 0.122 e.